The zero-order chi connectivity index (χ0) is 4.50. The quantitative estimate of drug-likeness (QED) is 0.218. The first kappa shape index (κ1) is 33.1. The zero-order valence-corrected chi connectivity index (χ0v) is 7.40. The van der Waals surface area contributed by atoms with E-state index in [1.165, 1.54) is 0 Å². The summed E-state index contributed by atoms with van der Waals surface area (Å²) in [6.07, 6.45) is 0. The van der Waals surface area contributed by atoms with Crippen molar-refractivity contribution in [1.29, 1.82) is 0 Å². The molecule has 0 fully saturated rings. The first-order valence-corrected chi connectivity index (χ1v) is 2.05. The molecule has 0 amide bonds. The molecule has 0 bridgehead atoms. The summed E-state index contributed by atoms with van der Waals surface area (Å²) >= 11 is 0. The standard InChI is InChI=1S/Na.H2O4S.3H2O/c;1-5(2,3)4;;;/h;(H2,1,2,3,4);3*1H2/q+1;;;;/p-1. The number of rotatable bonds is 0. The average Bonchev–Trinajstić information content (AvgIpc) is 0.722. The molecular weight excluding hydrogens is 167 g/mol. The van der Waals surface area contributed by atoms with Gasteiger partial charge in [0.1, 0.15) is 0 Å². The van der Waals surface area contributed by atoms with Crippen LogP contribution in [0.25, 0.3) is 0 Å². The van der Waals surface area contributed by atoms with Gasteiger partial charge in [-0.05, 0) is 0 Å². The van der Waals surface area contributed by atoms with Gasteiger partial charge < -0.3 is 21.0 Å². The van der Waals surface area contributed by atoms with Gasteiger partial charge >= 0.3 is 29.6 Å². The van der Waals surface area contributed by atoms with Gasteiger partial charge in [0.2, 0.25) is 10.4 Å². The van der Waals surface area contributed by atoms with Gasteiger partial charge in [-0.2, -0.15) is 0 Å². The van der Waals surface area contributed by atoms with E-state index in [-0.39, 0.29) is 46.0 Å². The largest absolute Gasteiger partial charge is 1.00 e. The van der Waals surface area contributed by atoms with Crippen molar-refractivity contribution < 1.29 is 63.5 Å². The van der Waals surface area contributed by atoms with E-state index in [1.807, 2.05) is 0 Å². The van der Waals surface area contributed by atoms with Gasteiger partial charge in [-0.25, -0.2) is 8.42 Å². The Balaban J connectivity index is -0.0000000133. The maximum Gasteiger partial charge on any atom is 1.00 e. The topological polar surface area (TPSA) is 172 Å². The minimum Gasteiger partial charge on any atom is -0.726 e. The predicted molar refractivity (Wildman–Crippen MR) is 23.2 cm³/mol. The summed E-state index contributed by atoms with van der Waals surface area (Å²) in [7, 11) is -4.92. The monoisotopic (exact) mass is 174 g/mol. The Morgan fingerprint density at radius 3 is 1.11 bits per heavy atom. The predicted octanol–water partition coefficient (Wildman–Crippen LogP) is -6.47. The van der Waals surface area contributed by atoms with Gasteiger partial charge in [-0.15, -0.1) is 0 Å². The molecule has 0 heterocycles. The third-order valence-electron chi connectivity index (χ3n) is 0. The van der Waals surface area contributed by atoms with Crippen LogP contribution in [0.15, 0.2) is 0 Å². The third-order valence-corrected chi connectivity index (χ3v) is 0. The summed E-state index contributed by atoms with van der Waals surface area (Å²) in [6, 6.07) is 0. The van der Waals surface area contributed by atoms with Crippen LogP contribution >= 0.6 is 0 Å². The third kappa shape index (κ3) is 709. The maximum atomic E-state index is 8.63. The van der Waals surface area contributed by atoms with Crippen molar-refractivity contribution in [3.8, 4) is 0 Å². The summed E-state index contributed by atoms with van der Waals surface area (Å²) < 4.78 is 32.8. The Hall–Kier alpha value is 0.750. The van der Waals surface area contributed by atoms with Crippen LogP contribution in [-0.2, 0) is 10.4 Å². The van der Waals surface area contributed by atoms with Gasteiger partial charge in [0.25, 0.3) is 0 Å². The molecule has 0 aliphatic rings. The molecule has 0 aromatic heterocycles. The molecule has 0 saturated heterocycles. The Bertz CT molecular complexity index is 92.1. The average molecular weight is 174 g/mol. The van der Waals surface area contributed by atoms with E-state index in [4.69, 9.17) is 17.5 Å². The molecule has 7 N–H and O–H groups in total. The first-order valence-electron chi connectivity index (χ1n) is 0.683. The van der Waals surface area contributed by atoms with Gasteiger partial charge in [0, 0.05) is 0 Å². The smallest absolute Gasteiger partial charge is 0.726 e. The van der Waals surface area contributed by atoms with E-state index in [9.17, 15) is 0 Å². The SMILES string of the molecule is O.O.O.O=S(=O)([O-])O.[Na+]. The molecule has 0 saturated carbocycles. The van der Waals surface area contributed by atoms with E-state index in [2.05, 4.69) is 0 Å². The van der Waals surface area contributed by atoms with Crippen LogP contribution in [0.3, 0.4) is 0 Å². The molecule has 0 aliphatic heterocycles. The fourth-order valence-electron chi connectivity index (χ4n) is 0. The molecule has 0 aliphatic carbocycles. The van der Waals surface area contributed by atoms with Crippen molar-refractivity contribution in [2.75, 3.05) is 0 Å². The number of hydrogen-bond donors (Lipinski definition) is 1. The van der Waals surface area contributed by atoms with E-state index < -0.39 is 10.4 Å². The maximum absolute atomic E-state index is 8.63. The van der Waals surface area contributed by atoms with Gasteiger partial charge in [0.15, 0.2) is 0 Å². The fraction of sp³-hybridized carbons (Fsp3) is 0. The van der Waals surface area contributed by atoms with Crippen LogP contribution in [0.5, 0.6) is 0 Å². The summed E-state index contributed by atoms with van der Waals surface area (Å²) in [5.74, 6) is 0. The molecule has 0 atom stereocenters. The van der Waals surface area contributed by atoms with E-state index in [0.29, 0.717) is 0 Å². The zero-order valence-electron chi connectivity index (χ0n) is 4.58. The van der Waals surface area contributed by atoms with Crippen molar-refractivity contribution >= 4 is 10.4 Å². The number of hydrogen-bond acceptors (Lipinski definition) is 3. The Morgan fingerprint density at radius 2 is 1.11 bits per heavy atom. The van der Waals surface area contributed by atoms with Crippen molar-refractivity contribution in [2.45, 2.75) is 0 Å². The second-order valence-corrected chi connectivity index (χ2v) is 1.28. The fourth-order valence-corrected chi connectivity index (χ4v) is 0. The molecule has 0 radical (unpaired) electrons. The van der Waals surface area contributed by atoms with Gasteiger partial charge in [-0.3, -0.25) is 4.55 Å². The summed E-state index contributed by atoms with van der Waals surface area (Å²) in [6.45, 7) is 0. The molecule has 9 heavy (non-hydrogen) atoms. The van der Waals surface area contributed by atoms with E-state index in [0.717, 1.165) is 0 Å². The molecule has 0 aromatic rings. The van der Waals surface area contributed by atoms with Crippen LogP contribution in [0.4, 0.5) is 0 Å². The van der Waals surface area contributed by atoms with Crippen molar-refractivity contribution in [3.63, 3.8) is 0 Å². The molecule has 0 spiro atoms. The van der Waals surface area contributed by atoms with Gasteiger partial charge in [-0.1, -0.05) is 0 Å². The van der Waals surface area contributed by atoms with Crippen LogP contribution in [0.2, 0.25) is 0 Å². The molecular formula is H7NaO7S. The Morgan fingerprint density at radius 1 is 1.11 bits per heavy atom. The van der Waals surface area contributed by atoms with E-state index >= 15 is 0 Å². The van der Waals surface area contributed by atoms with Crippen LogP contribution in [0.1, 0.15) is 0 Å². The van der Waals surface area contributed by atoms with Crippen LogP contribution in [0, 0.1) is 0 Å². The summed E-state index contributed by atoms with van der Waals surface area (Å²) in [5, 5.41) is 0. The minimum absolute atomic E-state index is 0. The summed E-state index contributed by atoms with van der Waals surface area (Å²) in [5.41, 5.74) is 0. The van der Waals surface area contributed by atoms with Crippen molar-refractivity contribution in [2.24, 2.45) is 0 Å². The van der Waals surface area contributed by atoms with E-state index in [1.54, 1.807) is 0 Å². The summed E-state index contributed by atoms with van der Waals surface area (Å²) in [4.78, 5) is 0. The van der Waals surface area contributed by atoms with Crippen molar-refractivity contribution in [1.82, 2.24) is 0 Å². The molecule has 0 unspecified atom stereocenters. The Labute approximate surface area is 73.9 Å². The molecule has 0 rings (SSSR count). The minimum atomic E-state index is -4.92. The second-order valence-electron chi connectivity index (χ2n) is 0.428. The molecule has 56 valence electrons. The van der Waals surface area contributed by atoms with Crippen molar-refractivity contribution in [3.05, 3.63) is 0 Å². The molecule has 7 nitrogen and oxygen atoms in total. The first-order chi connectivity index (χ1) is 2.00. The Kier molecular flexibility index (Phi) is 42.4. The van der Waals surface area contributed by atoms with Crippen LogP contribution in [-0.4, -0.2) is 34.0 Å². The van der Waals surface area contributed by atoms with Gasteiger partial charge in [0.05, 0.1) is 0 Å². The second kappa shape index (κ2) is 11.5. The molecule has 0 aromatic carbocycles. The van der Waals surface area contributed by atoms with Crippen LogP contribution < -0.4 is 29.6 Å². The normalized spacial score (nSPS) is 6.44. The molecule has 9 heteroatoms.